The van der Waals surface area contributed by atoms with Gasteiger partial charge in [0.15, 0.2) is 0 Å². The van der Waals surface area contributed by atoms with Gasteiger partial charge in [-0.1, -0.05) is 18.2 Å². The number of hydrogen-bond donors (Lipinski definition) is 2. The zero-order chi connectivity index (χ0) is 15.9. The van der Waals surface area contributed by atoms with Crippen LogP contribution < -0.4 is 15.4 Å². The molecular weight excluding hydrogens is 276 g/mol. The Hall–Kier alpha value is -2.49. The first kappa shape index (κ1) is 15.9. The van der Waals surface area contributed by atoms with E-state index in [9.17, 15) is 4.79 Å². The highest BCUT2D eigenvalue weighted by atomic mass is 16.5. The molecule has 0 saturated heterocycles. The molecule has 2 N–H and O–H groups in total. The zero-order valence-corrected chi connectivity index (χ0v) is 13.3. The molecule has 0 saturated carbocycles. The SMILES string of the molecule is CCOc1ccc(CNC(=O)Nc2ccc(C)c(C)c2)cc1. The Kier molecular flexibility index (Phi) is 5.42. The molecule has 2 aromatic carbocycles. The van der Waals surface area contributed by atoms with Gasteiger partial charge < -0.3 is 15.4 Å². The molecule has 0 aromatic heterocycles. The fourth-order valence-corrected chi connectivity index (χ4v) is 2.05. The number of hydrogen-bond acceptors (Lipinski definition) is 2. The molecule has 4 heteroatoms. The van der Waals surface area contributed by atoms with Crippen LogP contribution >= 0.6 is 0 Å². The Morgan fingerprint density at radius 2 is 1.77 bits per heavy atom. The Morgan fingerprint density at radius 1 is 1.05 bits per heavy atom. The van der Waals surface area contributed by atoms with E-state index in [2.05, 4.69) is 10.6 Å². The quantitative estimate of drug-likeness (QED) is 0.875. The molecule has 2 amide bonds. The highest BCUT2D eigenvalue weighted by Gasteiger charge is 2.03. The molecule has 2 rings (SSSR count). The van der Waals surface area contributed by atoms with E-state index in [1.807, 2.05) is 63.2 Å². The largest absolute Gasteiger partial charge is 0.494 e. The molecule has 0 unspecified atom stereocenters. The molecule has 4 nitrogen and oxygen atoms in total. The Bertz CT molecular complexity index is 636. The lowest BCUT2D eigenvalue weighted by Gasteiger charge is -2.10. The topological polar surface area (TPSA) is 50.4 Å². The number of aryl methyl sites for hydroxylation is 2. The number of amides is 2. The van der Waals surface area contributed by atoms with Crippen molar-refractivity contribution in [3.8, 4) is 5.75 Å². The van der Waals surface area contributed by atoms with Crippen LogP contribution in [0.15, 0.2) is 42.5 Å². The van der Waals surface area contributed by atoms with Gasteiger partial charge in [0.2, 0.25) is 0 Å². The van der Waals surface area contributed by atoms with E-state index in [0.717, 1.165) is 22.6 Å². The van der Waals surface area contributed by atoms with Crippen LogP contribution in [-0.2, 0) is 6.54 Å². The smallest absolute Gasteiger partial charge is 0.319 e. The van der Waals surface area contributed by atoms with Crippen LogP contribution in [0.25, 0.3) is 0 Å². The van der Waals surface area contributed by atoms with E-state index in [-0.39, 0.29) is 6.03 Å². The second-order valence-corrected chi connectivity index (χ2v) is 5.18. The molecule has 0 atom stereocenters. The first-order chi connectivity index (χ1) is 10.6. The van der Waals surface area contributed by atoms with Crippen molar-refractivity contribution in [1.82, 2.24) is 5.32 Å². The summed E-state index contributed by atoms with van der Waals surface area (Å²) in [5.74, 6) is 0.839. The molecule has 0 aliphatic carbocycles. The third kappa shape index (κ3) is 4.52. The highest BCUT2D eigenvalue weighted by molar-refractivity contribution is 5.89. The van der Waals surface area contributed by atoms with E-state index in [0.29, 0.717) is 13.2 Å². The van der Waals surface area contributed by atoms with Gasteiger partial charge in [0.25, 0.3) is 0 Å². The van der Waals surface area contributed by atoms with Gasteiger partial charge in [0.1, 0.15) is 5.75 Å². The summed E-state index contributed by atoms with van der Waals surface area (Å²) in [5, 5.41) is 5.68. The van der Waals surface area contributed by atoms with Gasteiger partial charge in [0, 0.05) is 12.2 Å². The van der Waals surface area contributed by atoms with Crippen LogP contribution in [0.4, 0.5) is 10.5 Å². The van der Waals surface area contributed by atoms with Crippen molar-refractivity contribution in [2.75, 3.05) is 11.9 Å². The fraction of sp³-hybridized carbons (Fsp3) is 0.278. The molecule has 0 aliphatic heterocycles. The summed E-state index contributed by atoms with van der Waals surface area (Å²) >= 11 is 0. The molecule has 0 aliphatic rings. The van der Waals surface area contributed by atoms with E-state index in [1.54, 1.807) is 0 Å². The molecule has 22 heavy (non-hydrogen) atoms. The highest BCUT2D eigenvalue weighted by Crippen LogP contribution is 2.14. The van der Waals surface area contributed by atoms with Crippen LogP contribution in [0, 0.1) is 13.8 Å². The maximum absolute atomic E-state index is 11.9. The summed E-state index contributed by atoms with van der Waals surface area (Å²) in [6, 6.07) is 13.4. The van der Waals surface area contributed by atoms with Gasteiger partial charge in [-0.3, -0.25) is 0 Å². The summed E-state index contributed by atoms with van der Waals surface area (Å²) in [7, 11) is 0. The number of carbonyl (C=O) groups is 1. The van der Waals surface area contributed by atoms with Gasteiger partial charge in [0.05, 0.1) is 6.61 Å². The minimum Gasteiger partial charge on any atom is -0.494 e. The third-order valence-corrected chi connectivity index (χ3v) is 3.45. The average molecular weight is 298 g/mol. The number of carbonyl (C=O) groups excluding carboxylic acids is 1. The summed E-state index contributed by atoms with van der Waals surface area (Å²) in [5.41, 5.74) is 4.19. The van der Waals surface area contributed by atoms with Crippen LogP contribution in [0.5, 0.6) is 5.75 Å². The average Bonchev–Trinajstić information content (AvgIpc) is 2.51. The summed E-state index contributed by atoms with van der Waals surface area (Å²) < 4.78 is 5.39. The third-order valence-electron chi connectivity index (χ3n) is 3.45. The summed E-state index contributed by atoms with van der Waals surface area (Å²) in [6.45, 7) is 7.15. The lowest BCUT2D eigenvalue weighted by atomic mass is 10.1. The number of urea groups is 1. The standard InChI is InChI=1S/C18H22N2O2/c1-4-22-17-9-6-15(7-10-17)12-19-18(21)20-16-8-5-13(2)14(3)11-16/h5-11H,4,12H2,1-3H3,(H2,19,20,21). The lowest BCUT2D eigenvalue weighted by Crippen LogP contribution is -2.28. The molecule has 0 bridgehead atoms. The van der Waals surface area contributed by atoms with E-state index in [4.69, 9.17) is 4.74 Å². The van der Waals surface area contributed by atoms with Crippen molar-refractivity contribution >= 4 is 11.7 Å². The van der Waals surface area contributed by atoms with Gasteiger partial charge in [-0.2, -0.15) is 0 Å². The predicted molar refractivity (Wildman–Crippen MR) is 89.4 cm³/mol. The number of rotatable bonds is 5. The van der Waals surface area contributed by atoms with Gasteiger partial charge >= 0.3 is 6.03 Å². The van der Waals surface area contributed by atoms with Crippen LogP contribution in [0.1, 0.15) is 23.6 Å². The van der Waals surface area contributed by atoms with E-state index < -0.39 is 0 Å². The maximum Gasteiger partial charge on any atom is 0.319 e. The number of ether oxygens (including phenoxy) is 1. The molecule has 0 spiro atoms. The first-order valence-corrected chi connectivity index (χ1v) is 7.42. The molecule has 0 heterocycles. The maximum atomic E-state index is 11.9. The summed E-state index contributed by atoms with van der Waals surface area (Å²) in [4.78, 5) is 11.9. The number of nitrogens with one attached hydrogen (secondary N) is 2. The van der Waals surface area contributed by atoms with Crippen molar-refractivity contribution in [3.63, 3.8) is 0 Å². The molecule has 116 valence electrons. The van der Waals surface area contributed by atoms with Crippen molar-refractivity contribution in [3.05, 3.63) is 59.2 Å². The zero-order valence-electron chi connectivity index (χ0n) is 13.3. The van der Waals surface area contributed by atoms with Gasteiger partial charge in [-0.15, -0.1) is 0 Å². The number of benzene rings is 2. The van der Waals surface area contributed by atoms with Crippen LogP contribution in [0.2, 0.25) is 0 Å². The van der Waals surface area contributed by atoms with Gasteiger partial charge in [-0.25, -0.2) is 4.79 Å². The Labute approximate surface area is 131 Å². The van der Waals surface area contributed by atoms with Crippen molar-refractivity contribution in [2.45, 2.75) is 27.3 Å². The molecule has 0 radical (unpaired) electrons. The normalized spacial score (nSPS) is 10.1. The van der Waals surface area contributed by atoms with Crippen LogP contribution in [0.3, 0.4) is 0 Å². The lowest BCUT2D eigenvalue weighted by molar-refractivity contribution is 0.251. The molecule has 0 fully saturated rings. The fourth-order valence-electron chi connectivity index (χ4n) is 2.05. The van der Waals surface area contributed by atoms with E-state index >= 15 is 0 Å². The predicted octanol–water partition coefficient (Wildman–Crippen LogP) is 4.02. The minimum absolute atomic E-state index is 0.211. The Morgan fingerprint density at radius 3 is 2.41 bits per heavy atom. The second-order valence-electron chi connectivity index (χ2n) is 5.18. The van der Waals surface area contributed by atoms with Crippen LogP contribution in [-0.4, -0.2) is 12.6 Å². The molecular formula is C18H22N2O2. The second kappa shape index (κ2) is 7.50. The molecule has 2 aromatic rings. The van der Waals surface area contributed by atoms with E-state index in [1.165, 1.54) is 5.56 Å². The van der Waals surface area contributed by atoms with Crippen molar-refractivity contribution < 1.29 is 9.53 Å². The van der Waals surface area contributed by atoms with Gasteiger partial charge in [-0.05, 0) is 61.7 Å². The monoisotopic (exact) mass is 298 g/mol. The summed E-state index contributed by atoms with van der Waals surface area (Å²) in [6.07, 6.45) is 0. The Balaban J connectivity index is 1.85. The number of anilines is 1. The van der Waals surface area contributed by atoms with Crippen molar-refractivity contribution in [2.24, 2.45) is 0 Å². The minimum atomic E-state index is -0.211. The first-order valence-electron chi connectivity index (χ1n) is 7.42. The van der Waals surface area contributed by atoms with Crippen molar-refractivity contribution in [1.29, 1.82) is 0 Å².